The number of hydrogen-bond acceptors (Lipinski definition) is 4. The molecule has 29 heavy (non-hydrogen) atoms. The van der Waals surface area contributed by atoms with Crippen LogP contribution in [0.1, 0.15) is 27.2 Å². The van der Waals surface area contributed by atoms with Crippen LogP contribution in [-0.4, -0.2) is 35.5 Å². The van der Waals surface area contributed by atoms with E-state index in [0.717, 1.165) is 16.8 Å². The molecule has 150 valence electrons. The number of carbonyl (C=O) groups is 2. The highest BCUT2D eigenvalue weighted by molar-refractivity contribution is 6.33. The average molecular weight is 412 g/mol. The summed E-state index contributed by atoms with van der Waals surface area (Å²) in [6.45, 7) is 5.46. The first-order chi connectivity index (χ1) is 13.8. The number of likely N-dealkylation sites (N-methyl/N-ethyl adjacent to an activating group) is 1. The Bertz CT molecular complexity index is 1070. The molecule has 6 nitrogen and oxygen atoms in total. The summed E-state index contributed by atoms with van der Waals surface area (Å²) in [5.41, 5.74) is 4.05. The number of aromatic nitrogens is 1. The summed E-state index contributed by atoms with van der Waals surface area (Å²) >= 11 is 6.26. The lowest BCUT2D eigenvalue weighted by atomic mass is 10.1. The van der Waals surface area contributed by atoms with Crippen LogP contribution in [0.25, 0.3) is 11.3 Å². The number of halogens is 1. The zero-order valence-corrected chi connectivity index (χ0v) is 17.5. The number of nitrogens with one attached hydrogen (secondary N) is 1. The van der Waals surface area contributed by atoms with E-state index in [1.807, 2.05) is 32.0 Å². The smallest absolute Gasteiger partial charge is 0.259 e. The molecule has 0 aliphatic rings. The number of benzene rings is 2. The average Bonchev–Trinajstić information content (AvgIpc) is 3.06. The molecule has 0 aliphatic carbocycles. The van der Waals surface area contributed by atoms with Gasteiger partial charge in [0.15, 0.2) is 0 Å². The van der Waals surface area contributed by atoms with E-state index >= 15 is 0 Å². The maximum Gasteiger partial charge on any atom is 0.259 e. The predicted octanol–water partition coefficient (Wildman–Crippen LogP) is 4.63. The van der Waals surface area contributed by atoms with Crippen molar-refractivity contribution in [1.82, 2.24) is 10.1 Å². The molecule has 0 atom stereocenters. The highest BCUT2D eigenvalue weighted by Crippen LogP contribution is 2.31. The highest BCUT2D eigenvalue weighted by atomic mass is 35.5. The Morgan fingerprint density at radius 2 is 1.83 bits per heavy atom. The van der Waals surface area contributed by atoms with Crippen LogP contribution in [0.5, 0.6) is 0 Å². The molecule has 0 aliphatic heterocycles. The van der Waals surface area contributed by atoms with Crippen molar-refractivity contribution in [1.29, 1.82) is 0 Å². The van der Waals surface area contributed by atoms with Crippen LogP contribution in [0.15, 0.2) is 47.0 Å². The third-order valence-corrected chi connectivity index (χ3v) is 5.14. The molecule has 2 amide bonds. The lowest BCUT2D eigenvalue weighted by molar-refractivity contribution is -0.116. The molecule has 7 heteroatoms. The van der Waals surface area contributed by atoms with Gasteiger partial charge in [0, 0.05) is 18.3 Å². The Hall–Kier alpha value is -3.12. The van der Waals surface area contributed by atoms with Gasteiger partial charge in [-0.2, -0.15) is 0 Å². The minimum atomic E-state index is -0.366. The van der Waals surface area contributed by atoms with E-state index in [1.165, 1.54) is 4.90 Å². The van der Waals surface area contributed by atoms with Crippen LogP contribution >= 0.6 is 11.6 Å². The molecule has 0 fully saturated rings. The van der Waals surface area contributed by atoms with Crippen molar-refractivity contribution in [2.75, 3.05) is 18.9 Å². The first-order valence-electron chi connectivity index (χ1n) is 9.12. The van der Waals surface area contributed by atoms with Crippen LogP contribution < -0.4 is 5.32 Å². The molecule has 0 spiro atoms. The molecular weight excluding hydrogens is 390 g/mol. The normalized spacial score (nSPS) is 10.7. The van der Waals surface area contributed by atoms with Crippen LogP contribution in [0.2, 0.25) is 5.02 Å². The minimum Gasteiger partial charge on any atom is -0.360 e. The Balaban J connectivity index is 1.79. The number of nitrogens with zero attached hydrogens (tertiary/aromatic N) is 2. The Kier molecular flexibility index (Phi) is 6.03. The second kappa shape index (κ2) is 8.49. The number of rotatable bonds is 5. The van der Waals surface area contributed by atoms with E-state index in [1.54, 1.807) is 38.2 Å². The largest absolute Gasteiger partial charge is 0.360 e. The summed E-state index contributed by atoms with van der Waals surface area (Å²) in [6.07, 6.45) is 0. The Morgan fingerprint density at radius 1 is 1.10 bits per heavy atom. The molecule has 2 aromatic carbocycles. The molecule has 1 heterocycles. The minimum absolute atomic E-state index is 0.112. The zero-order valence-electron chi connectivity index (χ0n) is 16.7. The van der Waals surface area contributed by atoms with Crippen molar-refractivity contribution in [3.8, 4) is 11.3 Å². The maximum absolute atomic E-state index is 13.0. The fourth-order valence-electron chi connectivity index (χ4n) is 3.02. The standard InChI is InChI=1S/C22H22ClN3O3/c1-13-8-7-11-18(14(13)2)24-19(27)12-26(4)22(28)20-15(3)29-25-21(20)16-9-5-6-10-17(16)23/h5-11H,12H2,1-4H3,(H,24,27). The van der Waals surface area contributed by atoms with Crippen molar-refractivity contribution in [3.05, 3.63) is 69.9 Å². The third kappa shape index (κ3) is 4.32. The molecule has 0 unspecified atom stereocenters. The lowest BCUT2D eigenvalue weighted by Gasteiger charge is -2.18. The first kappa shape index (κ1) is 20.6. The van der Waals surface area contributed by atoms with Gasteiger partial charge in [0.25, 0.3) is 5.91 Å². The van der Waals surface area contributed by atoms with Gasteiger partial charge in [-0.15, -0.1) is 0 Å². The van der Waals surface area contributed by atoms with Crippen LogP contribution in [-0.2, 0) is 4.79 Å². The van der Waals surface area contributed by atoms with Gasteiger partial charge in [0.05, 0.1) is 11.6 Å². The van der Waals surface area contributed by atoms with Crippen LogP contribution in [0.4, 0.5) is 5.69 Å². The number of carbonyl (C=O) groups excluding carboxylic acids is 2. The molecule has 1 aromatic heterocycles. The topological polar surface area (TPSA) is 75.4 Å². The molecule has 0 radical (unpaired) electrons. The van der Waals surface area contributed by atoms with Gasteiger partial charge in [0.1, 0.15) is 17.0 Å². The van der Waals surface area contributed by atoms with E-state index in [0.29, 0.717) is 27.6 Å². The highest BCUT2D eigenvalue weighted by Gasteiger charge is 2.26. The first-order valence-corrected chi connectivity index (χ1v) is 9.50. The van der Waals surface area contributed by atoms with E-state index in [2.05, 4.69) is 10.5 Å². The molecular formula is C22H22ClN3O3. The van der Waals surface area contributed by atoms with Gasteiger partial charge in [-0.1, -0.05) is 47.1 Å². The number of hydrogen-bond donors (Lipinski definition) is 1. The molecule has 0 bridgehead atoms. The van der Waals surface area contributed by atoms with Gasteiger partial charge in [0.2, 0.25) is 5.91 Å². The van der Waals surface area contributed by atoms with E-state index in [-0.39, 0.29) is 18.4 Å². The van der Waals surface area contributed by atoms with E-state index in [9.17, 15) is 9.59 Å². The number of aryl methyl sites for hydroxylation is 2. The Labute approximate surface area is 174 Å². The second-order valence-electron chi connectivity index (χ2n) is 6.90. The van der Waals surface area contributed by atoms with E-state index < -0.39 is 0 Å². The molecule has 3 aromatic rings. The predicted molar refractivity (Wildman–Crippen MR) is 113 cm³/mol. The van der Waals surface area contributed by atoms with Gasteiger partial charge >= 0.3 is 0 Å². The van der Waals surface area contributed by atoms with Crippen molar-refractivity contribution in [2.24, 2.45) is 0 Å². The molecule has 0 saturated heterocycles. The number of amides is 2. The van der Waals surface area contributed by atoms with E-state index in [4.69, 9.17) is 16.1 Å². The Morgan fingerprint density at radius 3 is 2.55 bits per heavy atom. The monoisotopic (exact) mass is 411 g/mol. The van der Waals surface area contributed by atoms with Gasteiger partial charge in [-0.3, -0.25) is 9.59 Å². The van der Waals surface area contributed by atoms with Gasteiger partial charge in [-0.05, 0) is 44.0 Å². The lowest BCUT2D eigenvalue weighted by Crippen LogP contribution is -2.35. The summed E-state index contributed by atoms with van der Waals surface area (Å²) < 4.78 is 5.25. The number of anilines is 1. The van der Waals surface area contributed by atoms with Crippen LogP contribution in [0, 0.1) is 20.8 Å². The van der Waals surface area contributed by atoms with Crippen LogP contribution in [0.3, 0.4) is 0 Å². The SMILES string of the molecule is Cc1cccc(NC(=O)CN(C)C(=O)c2c(-c3ccccc3Cl)noc2C)c1C. The molecule has 3 rings (SSSR count). The summed E-state index contributed by atoms with van der Waals surface area (Å²) in [5, 5.41) is 7.33. The summed E-state index contributed by atoms with van der Waals surface area (Å²) in [7, 11) is 1.56. The second-order valence-corrected chi connectivity index (χ2v) is 7.31. The van der Waals surface area contributed by atoms with Crippen molar-refractivity contribution < 1.29 is 14.1 Å². The molecule has 0 saturated carbocycles. The maximum atomic E-state index is 13.0. The zero-order chi connectivity index (χ0) is 21.1. The van der Waals surface area contributed by atoms with Gasteiger partial charge in [-0.25, -0.2) is 0 Å². The summed E-state index contributed by atoms with van der Waals surface area (Å²) in [6, 6.07) is 12.8. The summed E-state index contributed by atoms with van der Waals surface area (Å²) in [5.74, 6) is -0.288. The third-order valence-electron chi connectivity index (χ3n) is 4.81. The van der Waals surface area contributed by atoms with Gasteiger partial charge < -0.3 is 14.7 Å². The van der Waals surface area contributed by atoms with Crippen molar-refractivity contribution in [2.45, 2.75) is 20.8 Å². The van der Waals surface area contributed by atoms with Crippen molar-refractivity contribution >= 4 is 29.1 Å². The molecule has 1 N–H and O–H groups in total. The fraction of sp³-hybridized carbons (Fsp3) is 0.227. The quantitative estimate of drug-likeness (QED) is 0.664. The summed E-state index contributed by atoms with van der Waals surface area (Å²) in [4.78, 5) is 26.9. The fourth-order valence-corrected chi connectivity index (χ4v) is 3.24. The van der Waals surface area contributed by atoms with Crippen molar-refractivity contribution in [3.63, 3.8) is 0 Å².